The van der Waals surface area contributed by atoms with Crippen molar-refractivity contribution in [2.75, 3.05) is 0 Å². The lowest BCUT2D eigenvalue weighted by Crippen LogP contribution is -2.24. The van der Waals surface area contributed by atoms with Crippen LogP contribution in [0.5, 0.6) is 0 Å². The van der Waals surface area contributed by atoms with Gasteiger partial charge in [0.15, 0.2) is 10.7 Å². The van der Waals surface area contributed by atoms with Crippen molar-refractivity contribution in [2.45, 2.75) is 13.0 Å². The van der Waals surface area contributed by atoms with Crippen LogP contribution >= 0.6 is 11.3 Å². The summed E-state index contributed by atoms with van der Waals surface area (Å²) in [4.78, 5) is 17.3. The van der Waals surface area contributed by atoms with E-state index < -0.39 is 0 Å². The molecule has 3 aromatic heterocycles. The van der Waals surface area contributed by atoms with Crippen LogP contribution in [0.1, 0.15) is 11.4 Å². The van der Waals surface area contributed by atoms with Gasteiger partial charge < -0.3 is 9.84 Å². The molecule has 0 saturated carbocycles. The number of hydrogen-bond donors (Lipinski definition) is 1. The molecular weight excluding hydrogens is 324 g/mol. The van der Waals surface area contributed by atoms with Crippen molar-refractivity contribution in [2.24, 2.45) is 0 Å². The Morgan fingerprint density at radius 1 is 1.25 bits per heavy atom. The molecule has 1 amide bonds. The third-order valence-electron chi connectivity index (χ3n) is 3.57. The number of rotatable bonds is 5. The molecule has 0 saturated heterocycles. The molecule has 4 rings (SSSR count). The van der Waals surface area contributed by atoms with Gasteiger partial charge in [0.05, 0.1) is 18.7 Å². The molecule has 1 aromatic carbocycles. The summed E-state index contributed by atoms with van der Waals surface area (Å²) in [7, 11) is 0. The van der Waals surface area contributed by atoms with E-state index in [1.807, 2.05) is 58.6 Å². The van der Waals surface area contributed by atoms with E-state index in [0.717, 1.165) is 16.2 Å². The highest BCUT2D eigenvalue weighted by atomic mass is 32.1. The van der Waals surface area contributed by atoms with Crippen molar-refractivity contribution in [3.05, 3.63) is 65.6 Å². The van der Waals surface area contributed by atoms with Gasteiger partial charge in [-0.05, 0) is 0 Å². The van der Waals surface area contributed by atoms with Crippen LogP contribution < -0.4 is 5.32 Å². The zero-order chi connectivity index (χ0) is 16.4. The maximum atomic E-state index is 12.0. The minimum atomic E-state index is -0.0926. The van der Waals surface area contributed by atoms with Crippen LogP contribution in [-0.2, 0) is 17.8 Å². The number of nitrogens with zero attached hydrogens (tertiary/aromatic N) is 3. The Labute approximate surface area is 141 Å². The van der Waals surface area contributed by atoms with E-state index in [1.165, 1.54) is 0 Å². The fourth-order valence-electron chi connectivity index (χ4n) is 2.41. The van der Waals surface area contributed by atoms with E-state index in [1.54, 1.807) is 11.3 Å². The first-order valence-electron chi connectivity index (χ1n) is 7.47. The van der Waals surface area contributed by atoms with E-state index in [4.69, 9.17) is 4.52 Å². The van der Waals surface area contributed by atoms with E-state index in [2.05, 4.69) is 15.5 Å². The summed E-state index contributed by atoms with van der Waals surface area (Å²) in [5.74, 6) is 0.596. The summed E-state index contributed by atoms with van der Waals surface area (Å²) in [6.45, 7) is 0.331. The quantitative estimate of drug-likeness (QED) is 0.607. The van der Waals surface area contributed by atoms with Gasteiger partial charge in [-0.25, -0.2) is 4.98 Å². The van der Waals surface area contributed by atoms with Crippen LogP contribution in [0, 0.1) is 0 Å². The summed E-state index contributed by atoms with van der Waals surface area (Å²) in [6, 6.07) is 11.6. The number of imidazole rings is 1. The molecule has 0 radical (unpaired) electrons. The van der Waals surface area contributed by atoms with Gasteiger partial charge in [0, 0.05) is 29.4 Å². The van der Waals surface area contributed by atoms with Crippen molar-refractivity contribution in [1.29, 1.82) is 0 Å². The number of benzene rings is 1. The van der Waals surface area contributed by atoms with Gasteiger partial charge in [0.2, 0.25) is 5.91 Å². The van der Waals surface area contributed by atoms with Gasteiger partial charge in [-0.3, -0.25) is 9.20 Å². The Morgan fingerprint density at radius 3 is 2.96 bits per heavy atom. The Hall–Kier alpha value is -2.93. The summed E-state index contributed by atoms with van der Waals surface area (Å²) in [5, 5.41) is 8.79. The molecule has 0 fully saturated rings. The second-order valence-electron chi connectivity index (χ2n) is 5.33. The lowest BCUT2D eigenvalue weighted by atomic mass is 10.1. The third kappa shape index (κ3) is 3.07. The number of carbonyl (C=O) groups excluding carboxylic acids is 1. The van der Waals surface area contributed by atoms with E-state index in [0.29, 0.717) is 18.0 Å². The van der Waals surface area contributed by atoms with Gasteiger partial charge in [-0.1, -0.05) is 35.5 Å². The molecule has 6 nitrogen and oxygen atoms in total. The fraction of sp³-hybridized carbons (Fsp3) is 0.118. The van der Waals surface area contributed by atoms with Crippen molar-refractivity contribution in [3.63, 3.8) is 0 Å². The van der Waals surface area contributed by atoms with Crippen LogP contribution in [0.3, 0.4) is 0 Å². The van der Waals surface area contributed by atoms with Crippen molar-refractivity contribution < 1.29 is 9.32 Å². The minimum absolute atomic E-state index is 0.0926. The molecular formula is C17H14N4O2S. The monoisotopic (exact) mass is 338 g/mol. The molecule has 0 aliphatic carbocycles. The molecule has 7 heteroatoms. The summed E-state index contributed by atoms with van der Waals surface area (Å²) in [5.41, 5.74) is 2.40. The predicted octanol–water partition coefficient (Wildman–Crippen LogP) is 2.91. The Bertz CT molecular complexity index is 942. The number of carbonyl (C=O) groups is 1. The smallest absolute Gasteiger partial charge is 0.226 e. The van der Waals surface area contributed by atoms with Gasteiger partial charge >= 0.3 is 0 Å². The number of amides is 1. The number of hydrogen-bond acceptors (Lipinski definition) is 5. The van der Waals surface area contributed by atoms with Crippen LogP contribution in [0.4, 0.5) is 0 Å². The summed E-state index contributed by atoms with van der Waals surface area (Å²) < 4.78 is 7.23. The second-order valence-corrected chi connectivity index (χ2v) is 6.20. The normalized spacial score (nSPS) is 11.0. The van der Waals surface area contributed by atoms with Gasteiger partial charge in [0.25, 0.3) is 0 Å². The van der Waals surface area contributed by atoms with Gasteiger partial charge in [-0.2, -0.15) is 0 Å². The number of nitrogens with one attached hydrogen (secondary N) is 1. The fourth-order valence-corrected chi connectivity index (χ4v) is 3.13. The first-order valence-corrected chi connectivity index (χ1v) is 8.35. The summed E-state index contributed by atoms with van der Waals surface area (Å²) >= 11 is 1.54. The Kier molecular flexibility index (Phi) is 3.84. The van der Waals surface area contributed by atoms with E-state index >= 15 is 0 Å². The van der Waals surface area contributed by atoms with Gasteiger partial charge in [-0.15, -0.1) is 11.3 Å². The molecule has 3 heterocycles. The third-order valence-corrected chi connectivity index (χ3v) is 4.34. The van der Waals surface area contributed by atoms with Crippen LogP contribution in [0.25, 0.3) is 16.3 Å². The molecule has 0 unspecified atom stereocenters. The molecule has 0 aliphatic heterocycles. The average molecular weight is 338 g/mol. The lowest BCUT2D eigenvalue weighted by molar-refractivity contribution is -0.120. The molecule has 4 aromatic rings. The zero-order valence-corrected chi connectivity index (χ0v) is 13.5. The highest BCUT2D eigenvalue weighted by Crippen LogP contribution is 2.19. The Morgan fingerprint density at radius 2 is 2.12 bits per heavy atom. The topological polar surface area (TPSA) is 72.4 Å². The maximum Gasteiger partial charge on any atom is 0.226 e. The molecule has 0 aliphatic rings. The predicted molar refractivity (Wildman–Crippen MR) is 90.6 cm³/mol. The van der Waals surface area contributed by atoms with Crippen LogP contribution in [0.2, 0.25) is 0 Å². The molecule has 0 bridgehead atoms. The second kappa shape index (κ2) is 6.29. The van der Waals surface area contributed by atoms with Crippen molar-refractivity contribution >= 4 is 22.2 Å². The first-order chi connectivity index (χ1) is 11.8. The molecule has 0 atom stereocenters. The standard InChI is InChI=1S/C17H14N4O2S/c22-16(9-14-11-21-6-7-24-17(21)19-14)18-10-13-8-15(23-20-13)12-4-2-1-3-5-12/h1-8,11H,9-10H2,(H,18,22). The molecule has 1 N–H and O–H groups in total. The van der Waals surface area contributed by atoms with Crippen molar-refractivity contribution in [3.8, 4) is 11.3 Å². The average Bonchev–Trinajstić information content (AvgIpc) is 3.29. The largest absolute Gasteiger partial charge is 0.356 e. The van der Waals surface area contributed by atoms with E-state index in [9.17, 15) is 4.79 Å². The maximum absolute atomic E-state index is 12.0. The van der Waals surface area contributed by atoms with Crippen molar-refractivity contribution in [1.82, 2.24) is 19.9 Å². The Balaban J connectivity index is 1.35. The number of aromatic nitrogens is 3. The lowest BCUT2D eigenvalue weighted by Gasteiger charge is -2.00. The highest BCUT2D eigenvalue weighted by Gasteiger charge is 2.10. The van der Waals surface area contributed by atoms with Crippen LogP contribution in [-0.4, -0.2) is 20.4 Å². The van der Waals surface area contributed by atoms with E-state index in [-0.39, 0.29) is 12.3 Å². The number of thiazole rings is 1. The van der Waals surface area contributed by atoms with Crippen LogP contribution in [0.15, 0.2) is 58.7 Å². The SMILES string of the molecule is O=C(Cc1cn2ccsc2n1)NCc1cc(-c2ccccc2)on1. The first kappa shape index (κ1) is 14.6. The summed E-state index contributed by atoms with van der Waals surface area (Å²) in [6.07, 6.45) is 4.04. The highest BCUT2D eigenvalue weighted by molar-refractivity contribution is 7.15. The minimum Gasteiger partial charge on any atom is -0.356 e. The van der Waals surface area contributed by atoms with Gasteiger partial charge in [0.1, 0.15) is 5.69 Å². The number of fused-ring (bicyclic) bond motifs is 1. The molecule has 24 heavy (non-hydrogen) atoms. The zero-order valence-electron chi connectivity index (χ0n) is 12.7. The molecule has 120 valence electrons. The molecule has 0 spiro atoms.